The Bertz CT molecular complexity index is 1240. The van der Waals surface area contributed by atoms with Gasteiger partial charge in [0, 0.05) is 49.4 Å². The summed E-state index contributed by atoms with van der Waals surface area (Å²) in [4.78, 5) is 23.9. The van der Waals surface area contributed by atoms with E-state index < -0.39 is 0 Å². The number of ether oxygens (including phenoxy) is 1. The molecule has 0 saturated carbocycles. The number of aromatic nitrogens is 3. The molecule has 3 aromatic rings. The Kier molecular flexibility index (Phi) is 8.52. The maximum absolute atomic E-state index is 15.1. The van der Waals surface area contributed by atoms with Gasteiger partial charge in [0.25, 0.3) is 5.56 Å². The van der Waals surface area contributed by atoms with Crippen LogP contribution in [0.2, 0.25) is 0 Å². The quantitative estimate of drug-likeness (QED) is 0.492. The number of pyridine rings is 1. The SMILES string of the molecule is C.C[C@@H]1CN(Cc2ccc([C@H](C)Nc3ncc4ccc(=O)n(CC(C)(C)C)c4n3)c(F)c2)C[C@H](C)O1. The summed E-state index contributed by atoms with van der Waals surface area (Å²) in [5.74, 6) is 0.0975. The minimum absolute atomic E-state index is 0. The van der Waals surface area contributed by atoms with Gasteiger partial charge in [-0.15, -0.1) is 0 Å². The normalized spacial score (nSPS) is 19.6. The molecule has 0 unspecified atom stereocenters. The smallest absolute Gasteiger partial charge is 0.252 e. The van der Waals surface area contributed by atoms with E-state index in [9.17, 15) is 4.79 Å². The lowest BCUT2D eigenvalue weighted by Crippen LogP contribution is -2.44. The number of hydrogen-bond acceptors (Lipinski definition) is 6. The molecule has 0 radical (unpaired) electrons. The van der Waals surface area contributed by atoms with E-state index >= 15 is 4.39 Å². The van der Waals surface area contributed by atoms with E-state index in [2.05, 4.69) is 54.8 Å². The first-order valence-electron chi connectivity index (χ1n) is 12.3. The molecule has 196 valence electrons. The summed E-state index contributed by atoms with van der Waals surface area (Å²) in [7, 11) is 0. The van der Waals surface area contributed by atoms with Gasteiger partial charge < -0.3 is 10.1 Å². The van der Waals surface area contributed by atoms with Crippen molar-refractivity contribution < 1.29 is 9.13 Å². The van der Waals surface area contributed by atoms with Crippen LogP contribution in [0.5, 0.6) is 0 Å². The first kappa shape index (κ1) is 27.7. The van der Waals surface area contributed by atoms with Gasteiger partial charge in [0.1, 0.15) is 11.5 Å². The molecule has 3 atom stereocenters. The Morgan fingerprint density at radius 2 is 1.86 bits per heavy atom. The minimum atomic E-state index is -0.351. The van der Waals surface area contributed by atoms with E-state index in [4.69, 9.17) is 4.74 Å². The average Bonchev–Trinajstić information content (AvgIpc) is 2.74. The molecule has 3 heterocycles. The van der Waals surface area contributed by atoms with Crippen molar-refractivity contribution in [2.45, 2.75) is 80.3 Å². The fourth-order valence-electron chi connectivity index (χ4n) is 4.73. The van der Waals surface area contributed by atoms with Crippen molar-refractivity contribution >= 4 is 17.0 Å². The maximum atomic E-state index is 15.1. The van der Waals surface area contributed by atoms with Gasteiger partial charge in [0.2, 0.25) is 5.95 Å². The zero-order valence-electron chi connectivity index (χ0n) is 21.5. The second-order valence-corrected chi connectivity index (χ2v) is 11.0. The van der Waals surface area contributed by atoms with Crippen LogP contribution in [0.4, 0.5) is 10.3 Å². The Morgan fingerprint density at radius 3 is 2.50 bits per heavy atom. The van der Waals surface area contributed by atoms with Gasteiger partial charge in [-0.2, -0.15) is 4.98 Å². The van der Waals surface area contributed by atoms with Crippen LogP contribution in [0, 0.1) is 11.2 Å². The van der Waals surface area contributed by atoms with Crippen LogP contribution >= 0.6 is 0 Å². The van der Waals surface area contributed by atoms with Gasteiger partial charge in [-0.25, -0.2) is 9.37 Å². The second kappa shape index (κ2) is 11.0. The van der Waals surface area contributed by atoms with Crippen LogP contribution in [0.25, 0.3) is 11.0 Å². The molecule has 0 bridgehead atoms. The number of hydrogen-bond donors (Lipinski definition) is 1. The summed E-state index contributed by atoms with van der Waals surface area (Å²) < 4.78 is 22.6. The third kappa shape index (κ3) is 6.68. The highest BCUT2D eigenvalue weighted by Crippen LogP contribution is 2.24. The Labute approximate surface area is 213 Å². The molecule has 7 nitrogen and oxygen atoms in total. The van der Waals surface area contributed by atoms with Crippen LogP contribution in [0.3, 0.4) is 0 Å². The lowest BCUT2D eigenvalue weighted by molar-refractivity contribution is -0.0705. The van der Waals surface area contributed by atoms with E-state index in [0.29, 0.717) is 30.2 Å². The minimum Gasteiger partial charge on any atom is -0.373 e. The molecule has 1 aliphatic rings. The largest absolute Gasteiger partial charge is 0.373 e. The third-order valence-corrected chi connectivity index (χ3v) is 6.13. The monoisotopic (exact) mass is 497 g/mol. The van der Waals surface area contributed by atoms with E-state index in [-0.39, 0.29) is 42.5 Å². The molecular formula is C28H40FN5O2. The number of nitrogens with zero attached hydrogens (tertiary/aromatic N) is 4. The van der Waals surface area contributed by atoms with Crippen LogP contribution in [0.1, 0.15) is 66.1 Å². The van der Waals surface area contributed by atoms with E-state index in [1.165, 1.54) is 0 Å². The van der Waals surface area contributed by atoms with E-state index in [1.54, 1.807) is 29.0 Å². The number of nitrogens with one attached hydrogen (secondary N) is 1. The number of morpholine rings is 1. The zero-order valence-corrected chi connectivity index (χ0v) is 21.5. The summed E-state index contributed by atoms with van der Waals surface area (Å²) in [6.45, 7) is 15.1. The summed E-state index contributed by atoms with van der Waals surface area (Å²) in [6, 6.07) is 8.34. The van der Waals surface area contributed by atoms with Crippen molar-refractivity contribution in [3.05, 3.63) is 63.8 Å². The number of benzene rings is 1. The highest BCUT2D eigenvalue weighted by atomic mass is 19.1. The van der Waals surface area contributed by atoms with Gasteiger partial charge in [-0.3, -0.25) is 14.3 Å². The number of fused-ring (bicyclic) bond motifs is 1. The van der Waals surface area contributed by atoms with Crippen LogP contribution in [0.15, 0.2) is 41.3 Å². The molecule has 0 spiro atoms. The molecular weight excluding hydrogens is 457 g/mol. The van der Waals surface area contributed by atoms with Crippen LogP contribution in [-0.4, -0.2) is 44.7 Å². The molecule has 1 N–H and O–H groups in total. The maximum Gasteiger partial charge on any atom is 0.252 e. The molecule has 0 amide bonds. The van der Waals surface area contributed by atoms with Crippen molar-refractivity contribution in [3.63, 3.8) is 0 Å². The van der Waals surface area contributed by atoms with Crippen molar-refractivity contribution in [1.29, 1.82) is 0 Å². The molecule has 2 aromatic heterocycles. The number of rotatable bonds is 6. The number of halogens is 1. The third-order valence-electron chi connectivity index (χ3n) is 6.13. The van der Waals surface area contributed by atoms with Crippen molar-refractivity contribution in [2.24, 2.45) is 5.41 Å². The molecule has 36 heavy (non-hydrogen) atoms. The summed E-state index contributed by atoms with van der Waals surface area (Å²) in [5.41, 5.74) is 1.86. The second-order valence-electron chi connectivity index (χ2n) is 11.0. The van der Waals surface area contributed by atoms with Gasteiger partial charge in [-0.05, 0) is 43.9 Å². The lowest BCUT2D eigenvalue weighted by Gasteiger charge is -2.35. The molecule has 1 saturated heterocycles. The topological polar surface area (TPSA) is 72.3 Å². The molecule has 1 fully saturated rings. The van der Waals surface area contributed by atoms with Crippen molar-refractivity contribution in [3.8, 4) is 0 Å². The summed E-state index contributed by atoms with van der Waals surface area (Å²) in [6.07, 6.45) is 2.04. The average molecular weight is 498 g/mol. The van der Waals surface area contributed by atoms with Gasteiger partial charge >= 0.3 is 0 Å². The summed E-state index contributed by atoms with van der Waals surface area (Å²) in [5, 5.41) is 3.99. The van der Waals surface area contributed by atoms with Crippen LogP contribution in [-0.2, 0) is 17.8 Å². The van der Waals surface area contributed by atoms with E-state index in [1.807, 2.05) is 19.1 Å². The standard InChI is InChI=1S/C27H36FN5O2.CH4/c1-17-13-32(14-18(2)35-17)15-20-7-9-22(23(28)11-20)19(3)30-26-29-12-21-8-10-24(34)33(25(21)31-26)16-27(4,5)6;/h7-12,17-19H,13-16H2,1-6H3,(H,29,30,31);1H4/t17-,18+,19-;/m0./s1. The van der Waals surface area contributed by atoms with Gasteiger partial charge in [0.15, 0.2) is 0 Å². The zero-order chi connectivity index (χ0) is 25.3. The van der Waals surface area contributed by atoms with Gasteiger partial charge in [-0.1, -0.05) is 40.3 Å². The summed E-state index contributed by atoms with van der Waals surface area (Å²) >= 11 is 0. The van der Waals surface area contributed by atoms with Crippen molar-refractivity contribution in [2.75, 3.05) is 18.4 Å². The molecule has 8 heteroatoms. The Morgan fingerprint density at radius 1 is 1.17 bits per heavy atom. The Hall–Kier alpha value is -2.84. The molecule has 4 rings (SSSR count). The fraction of sp³-hybridized carbons (Fsp3) is 0.536. The fourth-order valence-corrected chi connectivity index (χ4v) is 4.73. The van der Waals surface area contributed by atoms with Crippen molar-refractivity contribution in [1.82, 2.24) is 19.4 Å². The highest BCUT2D eigenvalue weighted by molar-refractivity contribution is 5.75. The van der Waals surface area contributed by atoms with E-state index in [0.717, 1.165) is 24.0 Å². The Balaban J connectivity index is 0.00000361. The molecule has 0 aliphatic carbocycles. The number of anilines is 1. The predicted molar refractivity (Wildman–Crippen MR) is 144 cm³/mol. The lowest BCUT2D eigenvalue weighted by atomic mass is 9.97. The van der Waals surface area contributed by atoms with Crippen LogP contribution < -0.4 is 10.9 Å². The highest BCUT2D eigenvalue weighted by Gasteiger charge is 2.23. The molecule has 1 aromatic carbocycles. The predicted octanol–water partition coefficient (Wildman–Crippen LogP) is 5.40. The first-order chi connectivity index (χ1) is 16.5. The molecule has 1 aliphatic heterocycles. The van der Waals surface area contributed by atoms with Gasteiger partial charge in [0.05, 0.1) is 18.2 Å². The first-order valence-corrected chi connectivity index (χ1v) is 12.3.